The molecule has 1 aliphatic heterocycles. The molecule has 6 heteroatoms. The smallest absolute Gasteiger partial charge is 0.228 e. The Labute approximate surface area is 168 Å². The molecule has 0 bridgehead atoms. The van der Waals surface area contributed by atoms with E-state index in [1.165, 1.54) is 0 Å². The van der Waals surface area contributed by atoms with E-state index < -0.39 is 0 Å². The average molecular weight is 431 g/mol. The van der Waals surface area contributed by atoms with Gasteiger partial charge in [-0.2, -0.15) is 0 Å². The lowest BCUT2D eigenvalue weighted by molar-refractivity contribution is -0.136. The molecule has 0 spiro atoms. The number of para-hydroxylation sites is 1. The fraction of sp³-hybridized carbons (Fsp3) is 0.333. The molecule has 3 rings (SSSR count). The molecular formula is C21H23BrN2O3. The predicted molar refractivity (Wildman–Crippen MR) is 109 cm³/mol. The molecule has 1 heterocycles. The number of methoxy groups -OCH3 is 1. The van der Waals surface area contributed by atoms with E-state index in [1.54, 1.807) is 24.0 Å². The molecule has 0 aliphatic carbocycles. The monoisotopic (exact) mass is 430 g/mol. The molecule has 0 saturated carbocycles. The lowest BCUT2D eigenvalue weighted by Gasteiger charge is -2.28. The van der Waals surface area contributed by atoms with Crippen molar-refractivity contribution >= 4 is 33.4 Å². The minimum absolute atomic E-state index is 0.0128. The van der Waals surface area contributed by atoms with Gasteiger partial charge >= 0.3 is 0 Å². The van der Waals surface area contributed by atoms with E-state index in [0.29, 0.717) is 6.54 Å². The quantitative estimate of drug-likeness (QED) is 0.719. The Bertz CT molecular complexity index is 838. The first-order valence-electron chi connectivity index (χ1n) is 8.88. The zero-order chi connectivity index (χ0) is 19.6. The highest BCUT2D eigenvalue weighted by molar-refractivity contribution is 9.10. The van der Waals surface area contributed by atoms with Crippen LogP contribution in [0.1, 0.15) is 24.9 Å². The normalized spacial score (nSPS) is 17.7. The van der Waals surface area contributed by atoms with Crippen LogP contribution in [0.25, 0.3) is 0 Å². The summed E-state index contributed by atoms with van der Waals surface area (Å²) in [5, 5.41) is 0. The summed E-state index contributed by atoms with van der Waals surface area (Å²) in [4.78, 5) is 28.9. The maximum Gasteiger partial charge on any atom is 0.228 e. The first-order valence-corrected chi connectivity index (χ1v) is 9.67. The van der Waals surface area contributed by atoms with Gasteiger partial charge in [-0.15, -0.1) is 0 Å². The SMILES string of the molecule is COc1ccc(C(C)N(C)C(=O)C2CC(=O)N(c3ccccc3Br)C2)cc1. The summed E-state index contributed by atoms with van der Waals surface area (Å²) in [5.74, 6) is 0.410. The van der Waals surface area contributed by atoms with Crippen molar-refractivity contribution in [1.82, 2.24) is 4.90 Å². The van der Waals surface area contributed by atoms with Gasteiger partial charge in [0.1, 0.15) is 5.75 Å². The lowest BCUT2D eigenvalue weighted by Crippen LogP contribution is -2.36. The van der Waals surface area contributed by atoms with Gasteiger partial charge in [-0.25, -0.2) is 0 Å². The molecule has 2 aromatic carbocycles. The number of carbonyl (C=O) groups excluding carboxylic acids is 2. The number of anilines is 1. The van der Waals surface area contributed by atoms with Crippen molar-refractivity contribution in [2.45, 2.75) is 19.4 Å². The fourth-order valence-corrected chi connectivity index (χ4v) is 3.86. The summed E-state index contributed by atoms with van der Waals surface area (Å²) in [6.07, 6.45) is 0.236. The van der Waals surface area contributed by atoms with Crippen LogP contribution in [0.3, 0.4) is 0 Å². The zero-order valence-electron chi connectivity index (χ0n) is 15.7. The van der Waals surface area contributed by atoms with Crippen molar-refractivity contribution in [1.29, 1.82) is 0 Å². The van der Waals surface area contributed by atoms with Crippen LogP contribution in [-0.4, -0.2) is 37.4 Å². The number of hydrogen-bond acceptors (Lipinski definition) is 3. The second-order valence-corrected chi connectivity index (χ2v) is 7.61. The molecule has 142 valence electrons. The van der Waals surface area contributed by atoms with Gasteiger partial charge in [0.2, 0.25) is 11.8 Å². The molecule has 2 unspecified atom stereocenters. The number of benzene rings is 2. The number of halogens is 1. The molecule has 5 nitrogen and oxygen atoms in total. The summed E-state index contributed by atoms with van der Waals surface area (Å²) < 4.78 is 6.04. The third-order valence-corrected chi connectivity index (χ3v) is 5.81. The third kappa shape index (κ3) is 4.00. The molecule has 1 aliphatic rings. The van der Waals surface area contributed by atoms with E-state index in [1.807, 2.05) is 55.5 Å². The molecule has 2 aromatic rings. The largest absolute Gasteiger partial charge is 0.497 e. The van der Waals surface area contributed by atoms with Crippen molar-refractivity contribution in [2.24, 2.45) is 5.92 Å². The van der Waals surface area contributed by atoms with Crippen LogP contribution >= 0.6 is 15.9 Å². The Morgan fingerprint density at radius 1 is 1.22 bits per heavy atom. The van der Waals surface area contributed by atoms with E-state index in [4.69, 9.17) is 4.74 Å². The molecule has 1 saturated heterocycles. The van der Waals surface area contributed by atoms with Crippen LogP contribution in [0, 0.1) is 5.92 Å². The Balaban J connectivity index is 1.71. The van der Waals surface area contributed by atoms with Crippen LogP contribution in [0.4, 0.5) is 5.69 Å². The first kappa shape index (κ1) is 19.4. The summed E-state index contributed by atoms with van der Waals surface area (Å²) in [6, 6.07) is 15.2. The Morgan fingerprint density at radius 3 is 2.52 bits per heavy atom. The second-order valence-electron chi connectivity index (χ2n) is 6.76. The number of hydrogen-bond donors (Lipinski definition) is 0. The van der Waals surface area contributed by atoms with Crippen LogP contribution in [0.2, 0.25) is 0 Å². The van der Waals surface area contributed by atoms with Gasteiger partial charge in [-0.05, 0) is 52.7 Å². The molecule has 0 radical (unpaired) electrons. The minimum Gasteiger partial charge on any atom is -0.497 e. The van der Waals surface area contributed by atoms with E-state index in [2.05, 4.69) is 15.9 Å². The molecule has 27 heavy (non-hydrogen) atoms. The highest BCUT2D eigenvalue weighted by Gasteiger charge is 2.38. The van der Waals surface area contributed by atoms with Crippen molar-refractivity contribution in [2.75, 3.05) is 25.6 Å². The number of carbonyl (C=O) groups is 2. The first-order chi connectivity index (χ1) is 12.9. The van der Waals surface area contributed by atoms with Gasteiger partial charge in [0.15, 0.2) is 0 Å². The summed E-state index contributed by atoms with van der Waals surface area (Å²) in [6.45, 7) is 2.39. The highest BCUT2D eigenvalue weighted by atomic mass is 79.9. The maximum absolute atomic E-state index is 13.0. The van der Waals surface area contributed by atoms with Crippen molar-refractivity contribution in [3.8, 4) is 5.75 Å². The van der Waals surface area contributed by atoms with Crippen molar-refractivity contribution in [3.63, 3.8) is 0 Å². The fourth-order valence-electron chi connectivity index (χ4n) is 3.36. The van der Waals surface area contributed by atoms with Crippen molar-refractivity contribution < 1.29 is 14.3 Å². The van der Waals surface area contributed by atoms with E-state index in [9.17, 15) is 9.59 Å². The van der Waals surface area contributed by atoms with Crippen LogP contribution in [0.15, 0.2) is 53.0 Å². The Kier molecular flexibility index (Phi) is 5.85. The maximum atomic E-state index is 13.0. The predicted octanol–water partition coefficient (Wildman–Crippen LogP) is 4.03. The molecule has 1 fully saturated rings. The number of amides is 2. The number of ether oxygens (including phenoxy) is 1. The lowest BCUT2D eigenvalue weighted by atomic mass is 10.0. The Hall–Kier alpha value is -2.34. The highest BCUT2D eigenvalue weighted by Crippen LogP contribution is 2.33. The summed E-state index contributed by atoms with van der Waals surface area (Å²) >= 11 is 3.49. The molecular weight excluding hydrogens is 408 g/mol. The van der Waals surface area contributed by atoms with E-state index >= 15 is 0 Å². The van der Waals surface area contributed by atoms with Crippen molar-refractivity contribution in [3.05, 3.63) is 58.6 Å². The zero-order valence-corrected chi connectivity index (χ0v) is 17.3. The van der Waals surface area contributed by atoms with Crippen LogP contribution < -0.4 is 9.64 Å². The topological polar surface area (TPSA) is 49.9 Å². The van der Waals surface area contributed by atoms with E-state index in [0.717, 1.165) is 21.5 Å². The summed E-state index contributed by atoms with van der Waals surface area (Å²) in [5.41, 5.74) is 1.84. The third-order valence-electron chi connectivity index (χ3n) is 5.14. The van der Waals surface area contributed by atoms with Crippen LogP contribution in [0.5, 0.6) is 5.75 Å². The van der Waals surface area contributed by atoms with Gasteiger partial charge in [-0.3, -0.25) is 9.59 Å². The van der Waals surface area contributed by atoms with E-state index in [-0.39, 0.29) is 30.2 Å². The molecule has 0 N–H and O–H groups in total. The standard InChI is InChI=1S/C21H23BrN2O3/c1-14(15-8-10-17(27-3)11-9-15)23(2)21(26)16-12-20(25)24(13-16)19-7-5-4-6-18(19)22/h4-11,14,16H,12-13H2,1-3H3. The molecule has 2 atom stereocenters. The van der Waals surface area contributed by atoms with Gasteiger partial charge < -0.3 is 14.5 Å². The van der Waals surface area contributed by atoms with Gasteiger partial charge in [-0.1, -0.05) is 24.3 Å². The number of nitrogens with zero attached hydrogens (tertiary/aromatic N) is 2. The van der Waals surface area contributed by atoms with Gasteiger partial charge in [0.25, 0.3) is 0 Å². The van der Waals surface area contributed by atoms with Crippen LogP contribution in [-0.2, 0) is 9.59 Å². The minimum atomic E-state index is -0.338. The Morgan fingerprint density at radius 2 is 1.89 bits per heavy atom. The second kappa shape index (κ2) is 8.13. The summed E-state index contributed by atoms with van der Waals surface area (Å²) in [7, 11) is 3.42. The van der Waals surface area contributed by atoms with Gasteiger partial charge in [0, 0.05) is 24.5 Å². The molecule has 0 aromatic heterocycles. The van der Waals surface area contributed by atoms with Gasteiger partial charge in [0.05, 0.1) is 24.8 Å². The number of rotatable bonds is 5. The molecule has 2 amide bonds. The average Bonchev–Trinajstić information content (AvgIpc) is 3.08.